The lowest BCUT2D eigenvalue weighted by Crippen LogP contribution is -2.23. The van der Waals surface area contributed by atoms with Gasteiger partial charge in [0.1, 0.15) is 5.65 Å². The van der Waals surface area contributed by atoms with Gasteiger partial charge in [0.15, 0.2) is 11.8 Å². The van der Waals surface area contributed by atoms with Crippen molar-refractivity contribution in [3.63, 3.8) is 0 Å². The second-order valence-electron chi connectivity index (χ2n) is 12.0. The zero-order valence-electron chi connectivity index (χ0n) is 24.4. The number of hydrogen-bond donors (Lipinski definition) is 3. The smallest absolute Gasteiger partial charge is 0.354 e. The lowest BCUT2D eigenvalue weighted by molar-refractivity contribution is 0.309. The summed E-state index contributed by atoms with van der Waals surface area (Å²) >= 11 is 6.28. The number of hydrogen-bond acceptors (Lipinski definition) is 3. The molecule has 0 aliphatic heterocycles. The molecular weight excluding hydrogens is 551 g/mol. The fourth-order valence-electron chi connectivity index (χ4n) is 6.16. The number of nitrogens with two attached hydrogens (primary N) is 2. The molecule has 0 bridgehead atoms. The van der Waals surface area contributed by atoms with E-state index >= 15 is 4.39 Å². The van der Waals surface area contributed by atoms with Crippen LogP contribution in [0.1, 0.15) is 75.8 Å². The summed E-state index contributed by atoms with van der Waals surface area (Å²) in [6, 6.07) is 13.5. The van der Waals surface area contributed by atoms with Crippen molar-refractivity contribution in [2.45, 2.75) is 71.1 Å². The number of rotatable bonds is 10. The molecule has 5 rings (SSSR count). The number of fused-ring (bicyclic) bond motifs is 1. The van der Waals surface area contributed by atoms with Gasteiger partial charge < -0.3 is 16.5 Å². The Balaban J connectivity index is 1.35. The van der Waals surface area contributed by atoms with Gasteiger partial charge in [0.2, 0.25) is 0 Å². The quantitative estimate of drug-likeness (QED) is 0.135. The first kappa shape index (κ1) is 29.8. The number of aromatic amines is 1. The van der Waals surface area contributed by atoms with Gasteiger partial charge in [-0.25, -0.2) is 9.18 Å². The summed E-state index contributed by atoms with van der Waals surface area (Å²) in [6.07, 6.45) is 10.3. The molecule has 42 heavy (non-hydrogen) atoms. The second kappa shape index (κ2) is 13.1. The van der Waals surface area contributed by atoms with Gasteiger partial charge in [-0.15, -0.1) is 0 Å². The normalized spacial score (nSPS) is 17.2. The highest BCUT2D eigenvalue weighted by molar-refractivity contribution is 6.31. The van der Waals surface area contributed by atoms with Gasteiger partial charge in [0, 0.05) is 23.7 Å². The Hall–Kier alpha value is -3.65. The van der Waals surface area contributed by atoms with Gasteiger partial charge in [-0.1, -0.05) is 56.8 Å². The van der Waals surface area contributed by atoms with Crippen LogP contribution < -0.4 is 17.2 Å². The van der Waals surface area contributed by atoms with E-state index in [0.717, 1.165) is 49.8 Å². The van der Waals surface area contributed by atoms with Crippen LogP contribution in [-0.2, 0) is 6.42 Å². The van der Waals surface area contributed by atoms with Crippen LogP contribution in [0.4, 0.5) is 4.39 Å². The largest absolute Gasteiger partial charge is 0.370 e. The van der Waals surface area contributed by atoms with E-state index in [0.29, 0.717) is 46.6 Å². The summed E-state index contributed by atoms with van der Waals surface area (Å²) in [7, 11) is 0. The van der Waals surface area contributed by atoms with E-state index in [1.807, 2.05) is 24.3 Å². The number of aromatic nitrogens is 3. The molecule has 0 radical (unpaired) electrons. The fraction of sp³-hybridized carbons (Fsp3) is 0.424. The van der Waals surface area contributed by atoms with Gasteiger partial charge in [-0.05, 0) is 91.3 Å². The molecule has 4 aromatic rings. The third-order valence-corrected chi connectivity index (χ3v) is 8.67. The zero-order chi connectivity index (χ0) is 29.8. The van der Waals surface area contributed by atoms with Crippen molar-refractivity contribution in [1.29, 1.82) is 0 Å². The predicted molar refractivity (Wildman–Crippen MR) is 170 cm³/mol. The number of nitrogens with zero attached hydrogens (tertiary/aromatic N) is 3. The van der Waals surface area contributed by atoms with Crippen molar-refractivity contribution in [1.82, 2.24) is 14.5 Å². The van der Waals surface area contributed by atoms with E-state index in [1.165, 1.54) is 23.0 Å². The van der Waals surface area contributed by atoms with Gasteiger partial charge in [-0.2, -0.15) is 4.98 Å². The summed E-state index contributed by atoms with van der Waals surface area (Å²) in [5.41, 5.74) is 14.9. The fourth-order valence-corrected chi connectivity index (χ4v) is 6.41. The Morgan fingerprint density at radius 1 is 1.19 bits per heavy atom. The average molecular weight is 591 g/mol. The standard InChI is InChI=1S/C33H40ClFN6O/c1-20(2)5-3-7-22-16-27(30(35)28(34)17-22)29-18-25-19-41(33(42)40-31(25)39-29)26-11-9-23(10-12-26)24-8-4-6-21(15-24)13-14-38-32(36)37/h9-12,16-21,24H,3-8,13-15H2,1-2H3,(H4,36,37,38)(H,39,40,42)/t21-,24+/m1/s1. The predicted octanol–water partition coefficient (Wildman–Crippen LogP) is 7.09. The molecule has 1 aliphatic rings. The van der Waals surface area contributed by atoms with Gasteiger partial charge >= 0.3 is 5.69 Å². The van der Waals surface area contributed by atoms with Crippen molar-refractivity contribution < 1.29 is 4.39 Å². The molecule has 2 aromatic heterocycles. The molecule has 2 atom stereocenters. The molecule has 2 heterocycles. The number of aryl methyl sites for hydroxylation is 1. The lowest BCUT2D eigenvalue weighted by atomic mass is 9.77. The molecule has 2 aromatic carbocycles. The monoisotopic (exact) mass is 590 g/mol. The minimum absolute atomic E-state index is 0.0939. The van der Waals surface area contributed by atoms with Gasteiger partial charge in [0.25, 0.3) is 0 Å². The summed E-state index contributed by atoms with van der Waals surface area (Å²) in [4.78, 5) is 24.6. The maximum atomic E-state index is 15.1. The molecule has 0 spiro atoms. The molecule has 1 saturated carbocycles. The first-order valence-electron chi connectivity index (χ1n) is 14.9. The second-order valence-corrected chi connectivity index (χ2v) is 12.4. The maximum absolute atomic E-state index is 15.1. The Kier molecular flexibility index (Phi) is 9.31. The summed E-state index contributed by atoms with van der Waals surface area (Å²) in [5.74, 6) is 1.35. The van der Waals surface area contributed by atoms with Crippen molar-refractivity contribution in [3.8, 4) is 16.9 Å². The molecule has 9 heteroatoms. The number of guanidine groups is 1. The van der Waals surface area contributed by atoms with Crippen LogP contribution in [0.25, 0.3) is 28.0 Å². The molecule has 1 aliphatic carbocycles. The van der Waals surface area contributed by atoms with E-state index in [-0.39, 0.29) is 11.0 Å². The maximum Gasteiger partial charge on any atom is 0.354 e. The van der Waals surface area contributed by atoms with Crippen LogP contribution >= 0.6 is 11.6 Å². The summed E-state index contributed by atoms with van der Waals surface area (Å²) < 4.78 is 16.7. The lowest BCUT2D eigenvalue weighted by Gasteiger charge is -2.29. The SMILES string of the molecule is CC(C)CCCc1cc(Cl)c(F)c(-c2cc3cn(-c4ccc([C@H]5CCC[C@H](CCN=C(N)N)C5)cc4)c(=O)nc3[nH]2)c1. The average Bonchev–Trinajstić information content (AvgIpc) is 3.37. The van der Waals surface area contributed by atoms with E-state index in [9.17, 15) is 4.79 Å². The topological polar surface area (TPSA) is 115 Å². The number of benzene rings is 2. The molecule has 0 amide bonds. The highest BCUT2D eigenvalue weighted by Crippen LogP contribution is 2.38. The molecule has 7 nitrogen and oxygen atoms in total. The van der Waals surface area contributed by atoms with E-state index in [2.05, 4.69) is 40.9 Å². The van der Waals surface area contributed by atoms with Crippen LogP contribution in [0.5, 0.6) is 0 Å². The Labute approximate surface area is 251 Å². The Morgan fingerprint density at radius 3 is 2.71 bits per heavy atom. The zero-order valence-corrected chi connectivity index (χ0v) is 25.1. The minimum atomic E-state index is -0.483. The Morgan fingerprint density at radius 2 is 1.98 bits per heavy atom. The third kappa shape index (κ3) is 7.04. The highest BCUT2D eigenvalue weighted by atomic mass is 35.5. The number of H-pyrrole nitrogens is 1. The molecule has 222 valence electrons. The number of nitrogens with one attached hydrogen (secondary N) is 1. The van der Waals surface area contributed by atoms with Crippen LogP contribution in [0.2, 0.25) is 5.02 Å². The summed E-state index contributed by atoms with van der Waals surface area (Å²) in [6.45, 7) is 5.05. The molecule has 0 saturated heterocycles. The molecule has 0 unspecified atom stereocenters. The number of halogens is 2. The third-order valence-electron chi connectivity index (χ3n) is 8.39. The van der Waals surface area contributed by atoms with E-state index in [4.69, 9.17) is 23.1 Å². The van der Waals surface area contributed by atoms with Crippen LogP contribution in [-0.4, -0.2) is 27.0 Å². The Bertz CT molecular complexity index is 1620. The number of aliphatic imine (C=N–C) groups is 1. The van der Waals surface area contributed by atoms with Crippen molar-refractivity contribution in [2.75, 3.05) is 6.54 Å². The van der Waals surface area contributed by atoms with Crippen molar-refractivity contribution in [3.05, 3.63) is 81.1 Å². The van der Waals surface area contributed by atoms with E-state index in [1.54, 1.807) is 12.3 Å². The summed E-state index contributed by atoms with van der Waals surface area (Å²) in [5, 5.41) is 0.807. The van der Waals surface area contributed by atoms with E-state index < -0.39 is 11.5 Å². The van der Waals surface area contributed by atoms with Crippen molar-refractivity contribution in [2.24, 2.45) is 28.3 Å². The van der Waals surface area contributed by atoms with Crippen molar-refractivity contribution >= 4 is 28.6 Å². The first-order chi connectivity index (χ1) is 20.2. The molecule has 1 fully saturated rings. The molecular formula is C33H40ClFN6O. The van der Waals surface area contributed by atoms with Gasteiger partial charge in [0.05, 0.1) is 16.4 Å². The van der Waals surface area contributed by atoms with Crippen LogP contribution in [0.15, 0.2) is 58.4 Å². The molecule has 5 N–H and O–H groups in total. The minimum Gasteiger partial charge on any atom is -0.370 e. The highest BCUT2D eigenvalue weighted by Gasteiger charge is 2.23. The van der Waals surface area contributed by atoms with Crippen LogP contribution in [0.3, 0.4) is 0 Å². The first-order valence-corrected chi connectivity index (χ1v) is 15.3. The van der Waals surface area contributed by atoms with Crippen LogP contribution in [0, 0.1) is 17.7 Å². The van der Waals surface area contributed by atoms with Gasteiger partial charge in [-0.3, -0.25) is 9.56 Å².